The molecular weight excluding hydrogens is 366 g/mol. The molecule has 0 fully saturated rings. The zero-order chi connectivity index (χ0) is 20.1. The van der Waals surface area contributed by atoms with Crippen LogP contribution in [0.1, 0.15) is 35.4 Å². The first kappa shape index (κ1) is 18.9. The van der Waals surface area contributed by atoms with E-state index in [4.69, 9.17) is 13.6 Å². The molecule has 148 valence electrons. The Morgan fingerprint density at radius 1 is 1.00 bits per heavy atom. The molecule has 4 aromatic rings. The molecule has 2 aromatic heterocycles. The van der Waals surface area contributed by atoms with Crippen molar-refractivity contribution in [2.24, 2.45) is 0 Å². The normalized spacial score (nSPS) is 12.0. The first-order valence-corrected chi connectivity index (χ1v) is 9.71. The Morgan fingerprint density at radius 2 is 1.86 bits per heavy atom. The standard InChI is InChI=1S/C24H23NO4/c1-17(8-10-20-7-4-14-27-20)25-24(26)23-13-12-22(29-23)16-28-21-11-9-18-5-2-3-6-19(18)15-21/h2-7,9,11-15,17H,8,10,16H2,1H3,(H,25,26). The zero-order valence-electron chi connectivity index (χ0n) is 16.3. The molecule has 1 unspecified atom stereocenters. The fourth-order valence-electron chi connectivity index (χ4n) is 3.17. The summed E-state index contributed by atoms with van der Waals surface area (Å²) >= 11 is 0. The molecule has 0 aliphatic rings. The molecule has 5 nitrogen and oxygen atoms in total. The van der Waals surface area contributed by atoms with E-state index in [0.717, 1.165) is 35.1 Å². The molecule has 5 heteroatoms. The topological polar surface area (TPSA) is 64.6 Å². The smallest absolute Gasteiger partial charge is 0.287 e. The predicted octanol–water partition coefficient (Wildman–Crippen LogP) is 5.36. The first-order valence-electron chi connectivity index (χ1n) is 9.71. The van der Waals surface area contributed by atoms with Crippen molar-refractivity contribution in [3.05, 3.63) is 90.3 Å². The molecule has 4 rings (SSSR count). The van der Waals surface area contributed by atoms with Crippen LogP contribution >= 0.6 is 0 Å². The molecule has 0 aliphatic heterocycles. The van der Waals surface area contributed by atoms with E-state index in [2.05, 4.69) is 11.4 Å². The Balaban J connectivity index is 1.29. The van der Waals surface area contributed by atoms with E-state index in [-0.39, 0.29) is 24.3 Å². The number of hydrogen-bond acceptors (Lipinski definition) is 4. The lowest BCUT2D eigenvalue weighted by atomic mass is 10.1. The summed E-state index contributed by atoms with van der Waals surface area (Å²) in [5, 5.41) is 5.23. The summed E-state index contributed by atoms with van der Waals surface area (Å²) in [5.41, 5.74) is 0. The SMILES string of the molecule is CC(CCc1ccco1)NC(=O)c1ccc(COc2ccc3ccccc3c2)o1. The van der Waals surface area contributed by atoms with Crippen molar-refractivity contribution in [1.82, 2.24) is 5.32 Å². The number of aryl methyl sites for hydroxylation is 1. The molecule has 0 saturated carbocycles. The number of fused-ring (bicyclic) bond motifs is 1. The van der Waals surface area contributed by atoms with Crippen LogP contribution in [0.2, 0.25) is 0 Å². The lowest BCUT2D eigenvalue weighted by Gasteiger charge is -2.11. The van der Waals surface area contributed by atoms with E-state index in [1.807, 2.05) is 55.5 Å². The van der Waals surface area contributed by atoms with Gasteiger partial charge < -0.3 is 18.9 Å². The highest BCUT2D eigenvalue weighted by atomic mass is 16.5. The van der Waals surface area contributed by atoms with Gasteiger partial charge >= 0.3 is 0 Å². The molecular formula is C24H23NO4. The Hall–Kier alpha value is -3.47. The highest BCUT2D eigenvalue weighted by Crippen LogP contribution is 2.22. The van der Waals surface area contributed by atoms with Gasteiger partial charge in [0.15, 0.2) is 5.76 Å². The van der Waals surface area contributed by atoms with Crippen LogP contribution in [0.3, 0.4) is 0 Å². The maximum absolute atomic E-state index is 12.4. The minimum absolute atomic E-state index is 0.00926. The van der Waals surface area contributed by atoms with Gasteiger partial charge in [-0.25, -0.2) is 0 Å². The quantitative estimate of drug-likeness (QED) is 0.441. The van der Waals surface area contributed by atoms with Gasteiger partial charge in [-0.1, -0.05) is 30.3 Å². The number of furan rings is 2. The number of carbonyl (C=O) groups excluding carboxylic acids is 1. The third-order valence-electron chi connectivity index (χ3n) is 4.77. The van der Waals surface area contributed by atoms with Crippen molar-refractivity contribution in [1.29, 1.82) is 0 Å². The number of rotatable bonds is 8. The number of carbonyl (C=O) groups is 1. The molecule has 0 spiro atoms. The molecule has 0 radical (unpaired) electrons. The van der Waals surface area contributed by atoms with Crippen molar-refractivity contribution in [2.75, 3.05) is 0 Å². The fraction of sp³-hybridized carbons (Fsp3) is 0.208. The molecule has 0 aliphatic carbocycles. The minimum Gasteiger partial charge on any atom is -0.486 e. The number of hydrogen-bond donors (Lipinski definition) is 1. The highest BCUT2D eigenvalue weighted by Gasteiger charge is 2.14. The summed E-state index contributed by atoms with van der Waals surface area (Å²) < 4.78 is 16.8. The van der Waals surface area contributed by atoms with Gasteiger partial charge in [-0.3, -0.25) is 4.79 Å². The molecule has 1 amide bonds. The molecule has 2 heterocycles. The van der Waals surface area contributed by atoms with Crippen LogP contribution in [-0.2, 0) is 13.0 Å². The van der Waals surface area contributed by atoms with Gasteiger partial charge in [-0.2, -0.15) is 0 Å². The summed E-state index contributed by atoms with van der Waals surface area (Å²) in [5.74, 6) is 2.34. The van der Waals surface area contributed by atoms with E-state index >= 15 is 0 Å². The minimum atomic E-state index is -0.228. The van der Waals surface area contributed by atoms with Crippen molar-refractivity contribution in [3.63, 3.8) is 0 Å². The monoisotopic (exact) mass is 389 g/mol. The van der Waals surface area contributed by atoms with Gasteiger partial charge in [0.1, 0.15) is 23.9 Å². The van der Waals surface area contributed by atoms with Crippen molar-refractivity contribution < 1.29 is 18.4 Å². The number of nitrogens with one attached hydrogen (secondary N) is 1. The molecule has 1 atom stereocenters. The van der Waals surface area contributed by atoms with Gasteiger partial charge in [0.05, 0.1) is 6.26 Å². The van der Waals surface area contributed by atoms with Crippen molar-refractivity contribution in [2.45, 2.75) is 32.4 Å². The maximum atomic E-state index is 12.4. The lowest BCUT2D eigenvalue weighted by Crippen LogP contribution is -2.32. The third-order valence-corrected chi connectivity index (χ3v) is 4.77. The molecule has 1 N–H and O–H groups in total. The van der Waals surface area contributed by atoms with E-state index in [9.17, 15) is 4.79 Å². The molecule has 0 bridgehead atoms. The third kappa shape index (κ3) is 4.88. The summed E-state index contributed by atoms with van der Waals surface area (Å²) in [6.45, 7) is 2.23. The zero-order valence-corrected chi connectivity index (χ0v) is 16.3. The lowest BCUT2D eigenvalue weighted by molar-refractivity contribution is 0.0906. The van der Waals surface area contributed by atoms with E-state index < -0.39 is 0 Å². The summed E-state index contributed by atoms with van der Waals surface area (Å²) in [4.78, 5) is 12.4. The van der Waals surface area contributed by atoms with Gasteiger partial charge in [0, 0.05) is 12.5 Å². The average Bonchev–Trinajstić information content (AvgIpc) is 3.42. The van der Waals surface area contributed by atoms with Gasteiger partial charge in [0.25, 0.3) is 5.91 Å². The number of ether oxygens (including phenoxy) is 1. The molecule has 2 aromatic carbocycles. The van der Waals surface area contributed by atoms with Gasteiger partial charge in [0.2, 0.25) is 0 Å². The van der Waals surface area contributed by atoms with Crippen LogP contribution in [0, 0.1) is 0 Å². The summed E-state index contributed by atoms with van der Waals surface area (Å²) in [6.07, 6.45) is 3.22. The van der Waals surface area contributed by atoms with Gasteiger partial charge in [-0.15, -0.1) is 0 Å². The Bertz CT molecular complexity index is 1080. The average molecular weight is 389 g/mol. The van der Waals surface area contributed by atoms with Crippen LogP contribution in [-0.4, -0.2) is 11.9 Å². The molecule has 0 saturated heterocycles. The van der Waals surface area contributed by atoms with Crippen LogP contribution in [0.5, 0.6) is 5.75 Å². The Morgan fingerprint density at radius 3 is 2.69 bits per heavy atom. The fourth-order valence-corrected chi connectivity index (χ4v) is 3.17. The second kappa shape index (κ2) is 8.69. The largest absolute Gasteiger partial charge is 0.486 e. The van der Waals surface area contributed by atoms with Crippen LogP contribution in [0.25, 0.3) is 10.8 Å². The first-order chi connectivity index (χ1) is 14.2. The predicted molar refractivity (Wildman–Crippen MR) is 111 cm³/mol. The second-order valence-corrected chi connectivity index (χ2v) is 7.06. The van der Waals surface area contributed by atoms with Crippen molar-refractivity contribution in [3.8, 4) is 5.75 Å². The van der Waals surface area contributed by atoms with Crippen molar-refractivity contribution >= 4 is 16.7 Å². The number of benzene rings is 2. The highest BCUT2D eigenvalue weighted by molar-refractivity contribution is 5.91. The van der Waals surface area contributed by atoms with Crippen LogP contribution < -0.4 is 10.1 Å². The Kier molecular flexibility index (Phi) is 5.66. The summed E-state index contributed by atoms with van der Waals surface area (Å²) in [6, 6.07) is 21.3. The summed E-state index contributed by atoms with van der Waals surface area (Å²) in [7, 11) is 0. The molecule has 29 heavy (non-hydrogen) atoms. The number of amides is 1. The maximum Gasteiger partial charge on any atom is 0.287 e. The Labute approximate surface area is 169 Å². The van der Waals surface area contributed by atoms with Crippen LogP contribution in [0.15, 0.2) is 81.8 Å². The second-order valence-electron chi connectivity index (χ2n) is 7.06. The van der Waals surface area contributed by atoms with E-state index in [1.54, 1.807) is 18.4 Å². The van der Waals surface area contributed by atoms with E-state index in [1.165, 1.54) is 0 Å². The van der Waals surface area contributed by atoms with Crippen LogP contribution in [0.4, 0.5) is 0 Å². The van der Waals surface area contributed by atoms with E-state index in [0.29, 0.717) is 5.76 Å². The van der Waals surface area contributed by atoms with Gasteiger partial charge in [-0.05, 0) is 60.5 Å².